The second kappa shape index (κ2) is 10.6. The van der Waals surface area contributed by atoms with Gasteiger partial charge in [-0.1, -0.05) is 0 Å². The largest absolute Gasteiger partial charge is 0.370 e. The maximum atomic E-state index is 5.11. The normalized spacial score (nSPS) is 10.9. The molecule has 0 amide bonds. The summed E-state index contributed by atoms with van der Waals surface area (Å²) < 4.78 is 0. The van der Waals surface area contributed by atoms with Crippen LogP contribution in [0.3, 0.4) is 0 Å². The van der Waals surface area contributed by atoms with Crippen molar-refractivity contribution in [2.75, 3.05) is 0 Å². The van der Waals surface area contributed by atoms with Gasteiger partial charge in [-0.25, -0.2) is 15.0 Å². The Balaban J connectivity index is -0.000000276. The standard InChI is InChI=1S/3C5H13N3/c3*1-5(2,3)8-4(6)7/h3*1-3H3,(H4,6,7,8). The van der Waals surface area contributed by atoms with Crippen LogP contribution in [0.25, 0.3) is 0 Å². The molecule has 0 aromatic rings. The van der Waals surface area contributed by atoms with E-state index >= 15 is 0 Å². The van der Waals surface area contributed by atoms with Gasteiger partial charge >= 0.3 is 0 Å². The van der Waals surface area contributed by atoms with Crippen LogP contribution in [0.2, 0.25) is 0 Å². The molecule has 0 atom stereocenters. The molecule has 0 saturated carbocycles. The fourth-order valence-electron chi connectivity index (χ4n) is 1.16. The first kappa shape index (κ1) is 26.7. The lowest BCUT2D eigenvalue weighted by atomic mass is 10.1. The Morgan fingerprint density at radius 3 is 0.542 bits per heavy atom. The Labute approximate surface area is 147 Å². The summed E-state index contributed by atoms with van der Waals surface area (Å²) >= 11 is 0. The third kappa shape index (κ3) is 42.7. The molecule has 0 unspecified atom stereocenters. The molecule has 0 aromatic carbocycles. The summed E-state index contributed by atoms with van der Waals surface area (Å²) in [7, 11) is 0. The topological polar surface area (TPSA) is 193 Å². The molecule has 9 nitrogen and oxygen atoms in total. The number of guanidine groups is 3. The van der Waals surface area contributed by atoms with Gasteiger partial charge in [0.15, 0.2) is 17.9 Å². The zero-order chi connectivity index (χ0) is 20.4. The minimum atomic E-state index is -0.140. The molecule has 0 bridgehead atoms. The molecule has 0 spiro atoms. The highest BCUT2D eigenvalue weighted by molar-refractivity contribution is 5.76. The molecular weight excluding hydrogens is 306 g/mol. The maximum absolute atomic E-state index is 5.11. The third-order valence-electron chi connectivity index (χ3n) is 1.39. The number of hydrogen-bond donors (Lipinski definition) is 6. The third-order valence-corrected chi connectivity index (χ3v) is 1.39. The highest BCUT2D eigenvalue weighted by Gasteiger charge is 2.06. The molecule has 0 aliphatic carbocycles. The lowest BCUT2D eigenvalue weighted by molar-refractivity contribution is 0.581. The van der Waals surface area contributed by atoms with E-state index in [1.54, 1.807) is 0 Å². The Bertz CT molecular complexity index is 351. The predicted molar refractivity (Wildman–Crippen MR) is 107 cm³/mol. The van der Waals surface area contributed by atoms with E-state index in [1.807, 2.05) is 62.3 Å². The summed E-state index contributed by atoms with van der Waals surface area (Å²) in [5.74, 6) is 0.451. The quantitative estimate of drug-likeness (QED) is 0.267. The van der Waals surface area contributed by atoms with Crippen molar-refractivity contribution in [1.82, 2.24) is 0 Å². The van der Waals surface area contributed by atoms with Crippen LogP contribution in [-0.2, 0) is 0 Å². The first-order valence-electron chi connectivity index (χ1n) is 7.57. The van der Waals surface area contributed by atoms with Crippen molar-refractivity contribution in [3.63, 3.8) is 0 Å². The molecule has 0 fully saturated rings. The van der Waals surface area contributed by atoms with Crippen molar-refractivity contribution in [1.29, 1.82) is 0 Å². The van der Waals surface area contributed by atoms with Gasteiger partial charge < -0.3 is 34.4 Å². The van der Waals surface area contributed by atoms with Gasteiger partial charge in [-0.05, 0) is 62.3 Å². The highest BCUT2D eigenvalue weighted by atomic mass is 15.0. The van der Waals surface area contributed by atoms with Gasteiger partial charge in [-0.15, -0.1) is 0 Å². The molecular formula is C15H39N9. The van der Waals surface area contributed by atoms with Crippen LogP contribution in [0, 0.1) is 0 Å². The van der Waals surface area contributed by atoms with Crippen molar-refractivity contribution in [2.24, 2.45) is 49.4 Å². The van der Waals surface area contributed by atoms with Gasteiger partial charge in [0.05, 0.1) is 16.6 Å². The molecule has 0 aliphatic rings. The van der Waals surface area contributed by atoms with Gasteiger partial charge in [-0.3, -0.25) is 0 Å². The summed E-state index contributed by atoms with van der Waals surface area (Å²) in [6.45, 7) is 17.4. The van der Waals surface area contributed by atoms with Gasteiger partial charge in [-0.2, -0.15) is 0 Å². The first-order chi connectivity index (χ1) is 10.2. The lowest BCUT2D eigenvalue weighted by Gasteiger charge is -2.10. The Hall–Kier alpha value is -2.19. The van der Waals surface area contributed by atoms with Crippen LogP contribution in [-0.4, -0.2) is 34.5 Å². The first-order valence-corrected chi connectivity index (χ1v) is 7.57. The summed E-state index contributed by atoms with van der Waals surface area (Å²) in [5, 5.41) is 0. The zero-order valence-electron chi connectivity index (χ0n) is 16.8. The van der Waals surface area contributed by atoms with Crippen molar-refractivity contribution in [2.45, 2.75) is 78.9 Å². The van der Waals surface area contributed by atoms with E-state index in [0.29, 0.717) is 0 Å². The molecule has 0 aliphatic heterocycles. The van der Waals surface area contributed by atoms with Crippen LogP contribution in [0.15, 0.2) is 15.0 Å². The molecule has 0 aromatic heterocycles. The van der Waals surface area contributed by atoms with Crippen molar-refractivity contribution in [3.05, 3.63) is 0 Å². The molecule has 144 valence electrons. The molecule has 12 N–H and O–H groups in total. The van der Waals surface area contributed by atoms with E-state index in [9.17, 15) is 0 Å². The van der Waals surface area contributed by atoms with Crippen molar-refractivity contribution >= 4 is 17.9 Å². The molecule has 0 saturated heterocycles. The smallest absolute Gasteiger partial charge is 0.186 e. The van der Waals surface area contributed by atoms with Crippen LogP contribution in [0.1, 0.15) is 62.3 Å². The minimum Gasteiger partial charge on any atom is -0.370 e. The fraction of sp³-hybridized carbons (Fsp3) is 0.800. The number of nitrogens with zero attached hydrogens (tertiary/aromatic N) is 3. The monoisotopic (exact) mass is 345 g/mol. The Morgan fingerprint density at radius 2 is 0.542 bits per heavy atom. The zero-order valence-corrected chi connectivity index (χ0v) is 16.8. The molecule has 0 heterocycles. The second-order valence-corrected chi connectivity index (χ2v) is 8.12. The van der Waals surface area contributed by atoms with Crippen LogP contribution < -0.4 is 34.4 Å². The summed E-state index contributed by atoms with van der Waals surface area (Å²) in [6, 6.07) is 0. The van der Waals surface area contributed by atoms with E-state index < -0.39 is 0 Å². The number of aliphatic imine (C=N–C) groups is 3. The summed E-state index contributed by atoms with van der Waals surface area (Å²) in [5.41, 5.74) is 30.2. The van der Waals surface area contributed by atoms with E-state index in [2.05, 4.69) is 15.0 Å². The van der Waals surface area contributed by atoms with Crippen molar-refractivity contribution < 1.29 is 0 Å². The molecule has 24 heavy (non-hydrogen) atoms. The van der Waals surface area contributed by atoms with Gasteiger partial charge in [0, 0.05) is 0 Å². The maximum Gasteiger partial charge on any atom is 0.186 e. The highest BCUT2D eigenvalue weighted by Crippen LogP contribution is 2.05. The van der Waals surface area contributed by atoms with Gasteiger partial charge in [0.25, 0.3) is 0 Å². The number of rotatable bonds is 0. The molecule has 0 rings (SSSR count). The summed E-state index contributed by atoms with van der Waals surface area (Å²) in [4.78, 5) is 11.6. The van der Waals surface area contributed by atoms with E-state index in [1.165, 1.54) is 0 Å². The van der Waals surface area contributed by atoms with Crippen LogP contribution in [0.5, 0.6) is 0 Å². The number of hydrogen-bond acceptors (Lipinski definition) is 3. The van der Waals surface area contributed by atoms with E-state index in [0.717, 1.165) is 0 Å². The lowest BCUT2D eigenvalue weighted by Crippen LogP contribution is -2.27. The number of nitrogens with two attached hydrogens (primary N) is 6. The predicted octanol–water partition coefficient (Wildman–Crippen LogP) is 0.175. The van der Waals surface area contributed by atoms with Crippen molar-refractivity contribution in [3.8, 4) is 0 Å². The van der Waals surface area contributed by atoms with Gasteiger partial charge in [0.1, 0.15) is 0 Å². The summed E-state index contributed by atoms with van der Waals surface area (Å²) in [6.07, 6.45) is 0. The SMILES string of the molecule is CC(C)(C)N=C(N)N.CC(C)(C)N=C(N)N.CC(C)(C)N=C(N)N. The Kier molecular flexibility index (Phi) is 11.7. The van der Waals surface area contributed by atoms with Gasteiger partial charge in [0.2, 0.25) is 0 Å². The minimum absolute atomic E-state index is 0.140. The molecule has 0 radical (unpaired) electrons. The van der Waals surface area contributed by atoms with E-state index in [-0.39, 0.29) is 34.5 Å². The van der Waals surface area contributed by atoms with Crippen LogP contribution >= 0.6 is 0 Å². The second-order valence-electron chi connectivity index (χ2n) is 8.12. The van der Waals surface area contributed by atoms with E-state index in [4.69, 9.17) is 34.4 Å². The average Bonchev–Trinajstić information content (AvgIpc) is 2.04. The Morgan fingerprint density at radius 1 is 0.417 bits per heavy atom. The fourth-order valence-corrected chi connectivity index (χ4v) is 1.16. The molecule has 9 heteroatoms. The average molecular weight is 346 g/mol. The van der Waals surface area contributed by atoms with Crippen LogP contribution in [0.4, 0.5) is 0 Å².